The van der Waals surface area contributed by atoms with Crippen LogP contribution in [0.5, 0.6) is 0 Å². The Kier molecular flexibility index (Phi) is 4.75. The van der Waals surface area contributed by atoms with Crippen molar-refractivity contribution in [3.8, 4) is 11.3 Å². The average Bonchev–Trinajstić information content (AvgIpc) is 3.02. The van der Waals surface area contributed by atoms with Crippen molar-refractivity contribution in [2.24, 2.45) is 0 Å². The second-order valence-corrected chi connectivity index (χ2v) is 5.91. The van der Waals surface area contributed by atoms with Crippen molar-refractivity contribution in [1.29, 1.82) is 0 Å². The highest BCUT2D eigenvalue weighted by Crippen LogP contribution is 2.20. The molecule has 3 rings (SSSR count). The number of benzene rings is 2. The van der Waals surface area contributed by atoms with Gasteiger partial charge < -0.3 is 9.73 Å². The molecule has 0 aliphatic carbocycles. The van der Waals surface area contributed by atoms with E-state index in [2.05, 4.69) is 16.4 Å². The van der Waals surface area contributed by atoms with Crippen LogP contribution in [0.15, 0.2) is 59.1 Å². The minimum Gasteiger partial charge on any atom is -0.441 e. The molecule has 0 fully saturated rings. The van der Waals surface area contributed by atoms with Crippen molar-refractivity contribution in [1.82, 2.24) is 4.98 Å². The molecule has 0 saturated heterocycles. The first-order valence-corrected chi connectivity index (χ1v) is 7.98. The lowest BCUT2D eigenvalue weighted by atomic mass is 10.1. The number of oxazole rings is 1. The van der Waals surface area contributed by atoms with Gasteiger partial charge in [0.05, 0.1) is 6.20 Å². The van der Waals surface area contributed by atoms with Gasteiger partial charge >= 0.3 is 0 Å². The third-order valence-corrected chi connectivity index (χ3v) is 3.68. The summed E-state index contributed by atoms with van der Waals surface area (Å²) in [6.07, 6.45) is 2.51. The first kappa shape index (κ1) is 16.0. The van der Waals surface area contributed by atoms with Crippen molar-refractivity contribution >= 4 is 11.6 Å². The van der Waals surface area contributed by atoms with E-state index in [1.54, 1.807) is 6.20 Å². The molecule has 0 bridgehead atoms. The van der Waals surface area contributed by atoms with Gasteiger partial charge in [-0.25, -0.2) is 4.98 Å². The summed E-state index contributed by atoms with van der Waals surface area (Å²) in [4.78, 5) is 16.4. The molecule has 0 spiro atoms. The molecule has 3 aromatic rings. The summed E-state index contributed by atoms with van der Waals surface area (Å²) in [5.41, 5.74) is 4.07. The van der Waals surface area contributed by atoms with Gasteiger partial charge in [-0.1, -0.05) is 36.4 Å². The molecule has 0 aliphatic rings. The molecule has 122 valence electrons. The van der Waals surface area contributed by atoms with Crippen molar-refractivity contribution in [3.63, 3.8) is 0 Å². The van der Waals surface area contributed by atoms with E-state index in [1.807, 2.05) is 56.3 Å². The summed E-state index contributed by atoms with van der Waals surface area (Å²) < 4.78 is 5.72. The fourth-order valence-electron chi connectivity index (χ4n) is 2.65. The number of carbonyl (C=O) groups excluding carboxylic acids is 1. The second-order valence-electron chi connectivity index (χ2n) is 5.91. The van der Waals surface area contributed by atoms with E-state index < -0.39 is 0 Å². The van der Waals surface area contributed by atoms with Gasteiger partial charge in [-0.15, -0.1) is 0 Å². The van der Waals surface area contributed by atoms with Gasteiger partial charge in [0.25, 0.3) is 0 Å². The minimum absolute atomic E-state index is 0.0422. The number of nitrogens with one attached hydrogen (secondary N) is 1. The third kappa shape index (κ3) is 4.10. The zero-order chi connectivity index (χ0) is 16.9. The molecular formula is C20H20N2O2. The highest BCUT2D eigenvalue weighted by atomic mass is 16.4. The van der Waals surface area contributed by atoms with Crippen LogP contribution in [-0.2, 0) is 11.2 Å². The van der Waals surface area contributed by atoms with E-state index in [-0.39, 0.29) is 5.91 Å². The second kappa shape index (κ2) is 7.13. The van der Waals surface area contributed by atoms with Gasteiger partial charge in [-0.2, -0.15) is 0 Å². The first-order chi connectivity index (χ1) is 11.6. The number of aromatic nitrogens is 1. The Morgan fingerprint density at radius 1 is 1.08 bits per heavy atom. The Morgan fingerprint density at radius 3 is 2.50 bits per heavy atom. The van der Waals surface area contributed by atoms with Gasteiger partial charge in [-0.3, -0.25) is 4.79 Å². The molecule has 0 unspecified atom stereocenters. The maximum Gasteiger partial charge on any atom is 0.224 e. The molecule has 4 heteroatoms. The largest absolute Gasteiger partial charge is 0.441 e. The van der Waals surface area contributed by atoms with Crippen LogP contribution >= 0.6 is 0 Å². The van der Waals surface area contributed by atoms with Crippen LogP contribution in [0.4, 0.5) is 5.69 Å². The number of aryl methyl sites for hydroxylation is 3. The number of rotatable bonds is 5. The SMILES string of the molecule is Cc1cc(C)cc(NC(=O)CCc2ncc(-c3ccccc3)o2)c1. The highest BCUT2D eigenvalue weighted by Gasteiger charge is 2.09. The fourth-order valence-corrected chi connectivity index (χ4v) is 2.65. The van der Waals surface area contributed by atoms with Crippen LogP contribution in [0, 0.1) is 13.8 Å². The number of amides is 1. The van der Waals surface area contributed by atoms with Crippen LogP contribution in [0.1, 0.15) is 23.4 Å². The standard InChI is InChI=1S/C20H20N2O2/c1-14-10-15(2)12-17(11-14)22-19(23)8-9-20-21-13-18(24-20)16-6-4-3-5-7-16/h3-7,10-13H,8-9H2,1-2H3,(H,22,23). The number of nitrogens with zero attached hydrogens (tertiary/aromatic N) is 1. The summed E-state index contributed by atoms with van der Waals surface area (Å²) in [7, 11) is 0. The summed E-state index contributed by atoms with van der Waals surface area (Å²) in [6.45, 7) is 4.03. The molecule has 1 heterocycles. The van der Waals surface area contributed by atoms with Crippen molar-refractivity contribution in [2.45, 2.75) is 26.7 Å². The van der Waals surface area contributed by atoms with Gasteiger partial charge in [0.15, 0.2) is 11.7 Å². The molecule has 0 atom stereocenters. The Hall–Kier alpha value is -2.88. The normalized spacial score (nSPS) is 10.6. The van der Waals surface area contributed by atoms with Crippen molar-refractivity contribution in [2.75, 3.05) is 5.32 Å². The lowest BCUT2D eigenvalue weighted by Gasteiger charge is -2.07. The summed E-state index contributed by atoms with van der Waals surface area (Å²) in [5.74, 6) is 1.25. The predicted octanol–water partition coefficient (Wildman–Crippen LogP) is 4.53. The number of carbonyl (C=O) groups is 1. The summed E-state index contributed by atoms with van der Waals surface area (Å²) in [5, 5.41) is 2.92. The zero-order valence-corrected chi connectivity index (χ0v) is 13.9. The maximum atomic E-state index is 12.1. The number of anilines is 1. The van der Waals surface area contributed by atoms with Crippen molar-refractivity contribution < 1.29 is 9.21 Å². The molecular weight excluding hydrogens is 300 g/mol. The molecule has 0 radical (unpaired) electrons. The summed E-state index contributed by atoms with van der Waals surface area (Å²) in [6, 6.07) is 15.8. The van der Waals surface area contributed by atoms with Gasteiger partial charge in [-0.05, 0) is 37.1 Å². The molecule has 1 aromatic heterocycles. The van der Waals surface area contributed by atoms with Crippen LogP contribution in [-0.4, -0.2) is 10.9 Å². The molecule has 0 saturated carbocycles. The smallest absolute Gasteiger partial charge is 0.224 e. The molecule has 0 aliphatic heterocycles. The van der Waals surface area contributed by atoms with Crippen LogP contribution in [0.3, 0.4) is 0 Å². The van der Waals surface area contributed by atoms with Crippen LogP contribution in [0.25, 0.3) is 11.3 Å². The maximum absolute atomic E-state index is 12.1. The van der Waals surface area contributed by atoms with Gasteiger partial charge in [0.1, 0.15) is 0 Å². The number of hydrogen-bond donors (Lipinski definition) is 1. The molecule has 24 heavy (non-hydrogen) atoms. The predicted molar refractivity (Wildman–Crippen MR) is 94.8 cm³/mol. The lowest BCUT2D eigenvalue weighted by molar-refractivity contribution is -0.116. The minimum atomic E-state index is -0.0422. The third-order valence-electron chi connectivity index (χ3n) is 3.68. The Balaban J connectivity index is 1.58. The van der Waals surface area contributed by atoms with E-state index in [4.69, 9.17) is 4.42 Å². The Bertz CT molecular complexity index is 818. The van der Waals surface area contributed by atoms with Gasteiger partial charge in [0, 0.05) is 24.1 Å². The lowest BCUT2D eigenvalue weighted by Crippen LogP contribution is -2.12. The molecule has 2 aromatic carbocycles. The topological polar surface area (TPSA) is 55.1 Å². The fraction of sp³-hybridized carbons (Fsp3) is 0.200. The Morgan fingerprint density at radius 2 is 1.79 bits per heavy atom. The monoisotopic (exact) mass is 320 g/mol. The molecule has 1 N–H and O–H groups in total. The number of hydrogen-bond acceptors (Lipinski definition) is 3. The van der Waals surface area contributed by atoms with Crippen LogP contribution in [0.2, 0.25) is 0 Å². The van der Waals surface area contributed by atoms with E-state index >= 15 is 0 Å². The molecule has 1 amide bonds. The zero-order valence-electron chi connectivity index (χ0n) is 13.9. The average molecular weight is 320 g/mol. The van der Waals surface area contributed by atoms with E-state index in [0.29, 0.717) is 18.7 Å². The van der Waals surface area contributed by atoms with E-state index in [1.165, 1.54) is 0 Å². The molecule has 4 nitrogen and oxygen atoms in total. The van der Waals surface area contributed by atoms with E-state index in [9.17, 15) is 4.79 Å². The van der Waals surface area contributed by atoms with Crippen molar-refractivity contribution in [3.05, 3.63) is 71.7 Å². The van der Waals surface area contributed by atoms with E-state index in [0.717, 1.165) is 28.1 Å². The first-order valence-electron chi connectivity index (χ1n) is 7.98. The van der Waals surface area contributed by atoms with Gasteiger partial charge in [0.2, 0.25) is 5.91 Å². The van der Waals surface area contributed by atoms with Crippen LogP contribution < -0.4 is 5.32 Å². The highest BCUT2D eigenvalue weighted by molar-refractivity contribution is 5.90. The Labute approximate surface area is 141 Å². The quantitative estimate of drug-likeness (QED) is 0.751. The summed E-state index contributed by atoms with van der Waals surface area (Å²) >= 11 is 0.